The predicted octanol–water partition coefficient (Wildman–Crippen LogP) is 1.78. The van der Waals surface area contributed by atoms with Gasteiger partial charge in [0.2, 0.25) is 0 Å². The minimum Gasteiger partial charge on any atom is -0.375 e. The first-order chi connectivity index (χ1) is 6.99. The van der Waals surface area contributed by atoms with Gasteiger partial charge in [0.15, 0.2) is 5.78 Å². The molecule has 0 aliphatic carbocycles. The summed E-state index contributed by atoms with van der Waals surface area (Å²) in [5, 5.41) is 3.21. The first-order valence-corrected chi connectivity index (χ1v) is 5.47. The summed E-state index contributed by atoms with van der Waals surface area (Å²) in [5.41, 5.74) is 0. The second kappa shape index (κ2) is 7.60. The van der Waals surface area contributed by atoms with E-state index in [0.29, 0.717) is 13.2 Å². The minimum absolute atomic E-state index is 0.0357. The van der Waals surface area contributed by atoms with Crippen molar-refractivity contribution in [3.63, 3.8) is 0 Å². The smallest absolute Gasteiger partial charge is 0.154 e. The van der Waals surface area contributed by atoms with Crippen molar-refractivity contribution in [2.24, 2.45) is 5.92 Å². The second-order valence-electron chi connectivity index (χ2n) is 4.26. The van der Waals surface area contributed by atoms with Crippen molar-refractivity contribution in [3.8, 4) is 0 Å². The maximum absolute atomic E-state index is 11.8. The molecule has 0 radical (unpaired) electrons. The highest BCUT2D eigenvalue weighted by atomic mass is 16.5. The fourth-order valence-electron chi connectivity index (χ4n) is 1.29. The van der Waals surface area contributed by atoms with Crippen molar-refractivity contribution in [3.05, 3.63) is 12.7 Å². The molecule has 0 heterocycles. The quantitative estimate of drug-likeness (QED) is 0.493. The third-order valence-electron chi connectivity index (χ3n) is 1.97. The van der Waals surface area contributed by atoms with Gasteiger partial charge in [0.25, 0.3) is 0 Å². The summed E-state index contributed by atoms with van der Waals surface area (Å²) in [6, 6.07) is 0.0787. The zero-order chi connectivity index (χ0) is 11.8. The van der Waals surface area contributed by atoms with Gasteiger partial charge in [-0.2, -0.15) is 0 Å². The van der Waals surface area contributed by atoms with E-state index in [0.717, 1.165) is 0 Å². The van der Waals surface area contributed by atoms with Crippen LogP contribution in [0.1, 0.15) is 27.7 Å². The zero-order valence-corrected chi connectivity index (χ0v) is 10.2. The van der Waals surface area contributed by atoms with Gasteiger partial charge in [0.1, 0.15) is 0 Å². The molecule has 3 nitrogen and oxygen atoms in total. The van der Waals surface area contributed by atoms with Crippen molar-refractivity contribution in [2.75, 3.05) is 13.2 Å². The number of Topliss-reactive ketones (excluding diaryl/α,β-unsaturated/α-hetero) is 1. The Morgan fingerprint density at radius 2 is 2.00 bits per heavy atom. The van der Waals surface area contributed by atoms with E-state index in [2.05, 4.69) is 11.9 Å². The molecule has 0 saturated carbocycles. The molecule has 0 fully saturated rings. The highest BCUT2D eigenvalue weighted by molar-refractivity contribution is 5.85. The molecule has 0 rings (SSSR count). The van der Waals surface area contributed by atoms with Gasteiger partial charge in [-0.15, -0.1) is 6.58 Å². The monoisotopic (exact) mass is 213 g/mol. The van der Waals surface area contributed by atoms with E-state index in [1.807, 2.05) is 27.7 Å². The summed E-state index contributed by atoms with van der Waals surface area (Å²) in [6.45, 7) is 12.3. The molecule has 0 aromatic heterocycles. The lowest BCUT2D eigenvalue weighted by Gasteiger charge is -2.21. The van der Waals surface area contributed by atoms with Gasteiger partial charge in [-0.05, 0) is 0 Å². The Morgan fingerprint density at radius 1 is 1.40 bits per heavy atom. The van der Waals surface area contributed by atoms with Gasteiger partial charge >= 0.3 is 0 Å². The fraction of sp³-hybridized carbons (Fsp3) is 0.750. The molecular weight excluding hydrogens is 190 g/mol. The van der Waals surface area contributed by atoms with Crippen molar-refractivity contribution >= 4 is 5.78 Å². The highest BCUT2D eigenvalue weighted by Gasteiger charge is 2.21. The van der Waals surface area contributed by atoms with Crippen LogP contribution >= 0.6 is 0 Å². The van der Waals surface area contributed by atoms with Crippen LogP contribution in [-0.2, 0) is 9.53 Å². The van der Waals surface area contributed by atoms with Crippen LogP contribution in [-0.4, -0.2) is 31.1 Å². The summed E-state index contributed by atoms with van der Waals surface area (Å²) in [5.74, 6) is 0.237. The Morgan fingerprint density at radius 3 is 2.40 bits per heavy atom. The molecule has 0 aliphatic heterocycles. The van der Waals surface area contributed by atoms with Crippen LogP contribution < -0.4 is 5.32 Å². The van der Waals surface area contributed by atoms with Gasteiger partial charge in [-0.3, -0.25) is 4.79 Å². The molecule has 3 heteroatoms. The molecule has 0 aromatic carbocycles. The average molecular weight is 213 g/mol. The van der Waals surface area contributed by atoms with Crippen LogP contribution in [0.2, 0.25) is 0 Å². The van der Waals surface area contributed by atoms with Crippen LogP contribution in [0.15, 0.2) is 12.7 Å². The minimum atomic E-state index is -0.204. The molecular formula is C12H23NO2. The fourth-order valence-corrected chi connectivity index (χ4v) is 1.29. The number of carbonyl (C=O) groups is 1. The highest BCUT2D eigenvalue weighted by Crippen LogP contribution is 2.02. The maximum atomic E-state index is 11.8. The lowest BCUT2D eigenvalue weighted by atomic mass is 10.0. The summed E-state index contributed by atoms with van der Waals surface area (Å²) < 4.78 is 5.32. The Hall–Kier alpha value is -0.670. The number of hydrogen-bond acceptors (Lipinski definition) is 3. The largest absolute Gasteiger partial charge is 0.375 e. The van der Waals surface area contributed by atoms with Crippen LogP contribution in [0.4, 0.5) is 0 Å². The second-order valence-corrected chi connectivity index (χ2v) is 4.26. The van der Waals surface area contributed by atoms with Crippen molar-refractivity contribution < 1.29 is 9.53 Å². The molecule has 1 atom stereocenters. The van der Waals surface area contributed by atoms with Crippen LogP contribution in [0.5, 0.6) is 0 Å². The lowest BCUT2D eigenvalue weighted by Crippen LogP contribution is -2.45. The first-order valence-electron chi connectivity index (χ1n) is 5.47. The maximum Gasteiger partial charge on any atom is 0.154 e. The van der Waals surface area contributed by atoms with Gasteiger partial charge in [0, 0.05) is 12.0 Å². The molecule has 0 aliphatic rings. The van der Waals surface area contributed by atoms with Gasteiger partial charge in [-0.25, -0.2) is 0 Å². The van der Waals surface area contributed by atoms with Crippen molar-refractivity contribution in [1.29, 1.82) is 0 Å². The summed E-state index contributed by atoms with van der Waals surface area (Å²) in [6.07, 6.45) is 1.69. The predicted molar refractivity (Wildman–Crippen MR) is 62.9 cm³/mol. The topological polar surface area (TPSA) is 38.3 Å². The van der Waals surface area contributed by atoms with Gasteiger partial charge in [0.05, 0.1) is 19.3 Å². The SMILES string of the molecule is C=CCOC[C@H](NC(C)C)C(=O)C(C)C. The van der Waals surface area contributed by atoms with Crippen LogP contribution in [0.25, 0.3) is 0 Å². The summed E-state index contributed by atoms with van der Waals surface area (Å²) in [7, 11) is 0. The van der Waals surface area contributed by atoms with Crippen LogP contribution in [0, 0.1) is 5.92 Å². The number of ketones is 1. The van der Waals surface area contributed by atoms with Crippen LogP contribution in [0.3, 0.4) is 0 Å². The Balaban J connectivity index is 4.17. The standard InChI is InChI=1S/C12H23NO2/c1-6-7-15-8-11(13-10(4)5)12(14)9(2)3/h6,9-11,13H,1,7-8H2,2-5H3/t11-/m0/s1. The van der Waals surface area contributed by atoms with E-state index < -0.39 is 0 Å². The molecule has 0 aromatic rings. The van der Waals surface area contributed by atoms with E-state index in [4.69, 9.17) is 4.74 Å². The molecule has 15 heavy (non-hydrogen) atoms. The molecule has 1 N–H and O–H groups in total. The molecule has 88 valence electrons. The third-order valence-corrected chi connectivity index (χ3v) is 1.97. The number of ether oxygens (including phenoxy) is 1. The summed E-state index contributed by atoms with van der Waals surface area (Å²) in [4.78, 5) is 11.8. The molecule has 0 amide bonds. The number of carbonyl (C=O) groups excluding carboxylic acids is 1. The zero-order valence-electron chi connectivity index (χ0n) is 10.2. The number of nitrogens with one attached hydrogen (secondary N) is 1. The van der Waals surface area contributed by atoms with E-state index >= 15 is 0 Å². The van der Waals surface area contributed by atoms with Gasteiger partial charge < -0.3 is 10.1 Å². The molecule has 0 saturated heterocycles. The van der Waals surface area contributed by atoms with E-state index in [-0.39, 0.29) is 23.8 Å². The molecule has 0 unspecified atom stereocenters. The van der Waals surface area contributed by atoms with E-state index in [1.54, 1.807) is 6.08 Å². The Labute approximate surface area is 92.9 Å². The third kappa shape index (κ3) is 6.42. The van der Waals surface area contributed by atoms with Gasteiger partial charge in [-0.1, -0.05) is 33.8 Å². The summed E-state index contributed by atoms with van der Waals surface area (Å²) >= 11 is 0. The van der Waals surface area contributed by atoms with Crippen molar-refractivity contribution in [2.45, 2.75) is 39.8 Å². The first kappa shape index (κ1) is 14.3. The molecule has 0 bridgehead atoms. The molecule has 0 spiro atoms. The number of hydrogen-bond donors (Lipinski definition) is 1. The van der Waals surface area contributed by atoms with Crippen molar-refractivity contribution in [1.82, 2.24) is 5.32 Å². The Kier molecular flexibility index (Phi) is 7.26. The van der Waals surface area contributed by atoms with E-state index in [9.17, 15) is 4.79 Å². The number of rotatable bonds is 8. The average Bonchev–Trinajstić information content (AvgIpc) is 2.14. The normalized spacial score (nSPS) is 13.2. The van der Waals surface area contributed by atoms with E-state index in [1.165, 1.54) is 0 Å². The lowest BCUT2D eigenvalue weighted by molar-refractivity contribution is -0.125. The Bertz CT molecular complexity index is 200.